The third kappa shape index (κ3) is 3.01. The largest absolute Gasteiger partial charge is 0.431 e. The maximum atomic E-state index is 5.91. The molecular formula is C18H13NOS. The summed E-state index contributed by atoms with van der Waals surface area (Å²) in [6, 6.07) is 20.0. The summed E-state index contributed by atoms with van der Waals surface area (Å²) in [6.45, 7) is 0. The van der Waals surface area contributed by atoms with Gasteiger partial charge in [-0.3, -0.25) is 0 Å². The van der Waals surface area contributed by atoms with Crippen LogP contribution in [0, 0.1) is 12.3 Å². The van der Waals surface area contributed by atoms with Gasteiger partial charge in [0.15, 0.2) is 5.76 Å². The van der Waals surface area contributed by atoms with Crippen LogP contribution in [0.4, 0.5) is 0 Å². The fourth-order valence-electron chi connectivity index (χ4n) is 2.04. The number of benzene rings is 2. The van der Waals surface area contributed by atoms with Crippen LogP contribution >= 0.6 is 11.8 Å². The lowest BCUT2D eigenvalue weighted by Gasteiger charge is -2.00. The van der Waals surface area contributed by atoms with Gasteiger partial charge in [0.1, 0.15) is 5.69 Å². The van der Waals surface area contributed by atoms with Crippen LogP contribution in [0.1, 0.15) is 0 Å². The highest BCUT2D eigenvalue weighted by Gasteiger charge is 2.16. The lowest BCUT2D eigenvalue weighted by atomic mass is 10.1. The van der Waals surface area contributed by atoms with Crippen molar-refractivity contribution < 1.29 is 4.42 Å². The average Bonchev–Trinajstić information content (AvgIpc) is 2.99. The SMILES string of the molecule is C#CCSc1nc(-c2ccccc2)c(-c2ccccc2)o1. The maximum absolute atomic E-state index is 5.91. The van der Waals surface area contributed by atoms with Gasteiger partial charge in [-0.15, -0.1) is 6.42 Å². The van der Waals surface area contributed by atoms with E-state index in [1.54, 1.807) is 0 Å². The molecule has 102 valence electrons. The monoisotopic (exact) mass is 291 g/mol. The highest BCUT2D eigenvalue weighted by Crippen LogP contribution is 2.35. The summed E-state index contributed by atoms with van der Waals surface area (Å²) in [4.78, 5) is 4.60. The zero-order valence-corrected chi connectivity index (χ0v) is 12.1. The van der Waals surface area contributed by atoms with Gasteiger partial charge in [-0.1, -0.05) is 78.3 Å². The smallest absolute Gasteiger partial charge is 0.257 e. The number of terminal acetylenes is 1. The van der Waals surface area contributed by atoms with Crippen LogP contribution in [0.2, 0.25) is 0 Å². The molecule has 2 aromatic carbocycles. The Bertz CT molecular complexity index is 700. The molecule has 0 bridgehead atoms. The minimum absolute atomic E-state index is 0.545. The predicted octanol–water partition coefficient (Wildman–Crippen LogP) is 4.73. The molecule has 3 aromatic rings. The molecule has 0 saturated carbocycles. The Hall–Kier alpha value is -2.44. The van der Waals surface area contributed by atoms with Gasteiger partial charge in [0.25, 0.3) is 5.22 Å². The minimum Gasteiger partial charge on any atom is -0.431 e. The molecule has 0 atom stereocenters. The van der Waals surface area contributed by atoms with Gasteiger partial charge in [0, 0.05) is 11.1 Å². The van der Waals surface area contributed by atoms with Crippen LogP contribution in [0.3, 0.4) is 0 Å². The van der Waals surface area contributed by atoms with Crippen molar-refractivity contribution in [3.8, 4) is 34.9 Å². The Kier molecular flexibility index (Phi) is 4.09. The predicted molar refractivity (Wildman–Crippen MR) is 86.9 cm³/mol. The van der Waals surface area contributed by atoms with Gasteiger partial charge in [0.2, 0.25) is 0 Å². The third-order valence-electron chi connectivity index (χ3n) is 2.97. The summed E-state index contributed by atoms with van der Waals surface area (Å²) < 4.78 is 5.91. The first-order valence-corrected chi connectivity index (χ1v) is 7.55. The van der Waals surface area contributed by atoms with Crippen LogP contribution in [0.25, 0.3) is 22.6 Å². The quantitative estimate of drug-likeness (QED) is 0.513. The van der Waals surface area contributed by atoms with Gasteiger partial charge in [-0.25, -0.2) is 4.98 Å². The van der Waals surface area contributed by atoms with E-state index in [1.165, 1.54) is 11.8 Å². The second-order valence-electron chi connectivity index (χ2n) is 4.38. The molecule has 3 rings (SSSR count). The molecule has 0 unspecified atom stereocenters. The van der Waals surface area contributed by atoms with Gasteiger partial charge in [0.05, 0.1) is 5.75 Å². The Morgan fingerprint density at radius 3 is 2.19 bits per heavy atom. The van der Waals surface area contributed by atoms with E-state index in [1.807, 2.05) is 60.7 Å². The van der Waals surface area contributed by atoms with E-state index in [0.717, 1.165) is 22.6 Å². The molecule has 21 heavy (non-hydrogen) atoms. The van der Waals surface area contributed by atoms with E-state index in [0.29, 0.717) is 11.0 Å². The summed E-state index contributed by atoms with van der Waals surface area (Å²) >= 11 is 1.43. The van der Waals surface area contributed by atoms with Crippen molar-refractivity contribution in [3.05, 3.63) is 60.7 Å². The number of rotatable bonds is 4. The zero-order valence-electron chi connectivity index (χ0n) is 11.3. The number of thioether (sulfide) groups is 1. The van der Waals surface area contributed by atoms with Gasteiger partial charge < -0.3 is 4.42 Å². The molecule has 0 fully saturated rings. The molecule has 0 saturated heterocycles. The van der Waals surface area contributed by atoms with Crippen molar-refractivity contribution in [2.24, 2.45) is 0 Å². The number of hydrogen-bond acceptors (Lipinski definition) is 3. The average molecular weight is 291 g/mol. The summed E-state index contributed by atoms with van der Waals surface area (Å²) in [5, 5.41) is 0.602. The Morgan fingerprint density at radius 1 is 0.952 bits per heavy atom. The van der Waals surface area contributed by atoms with Crippen molar-refractivity contribution in [1.82, 2.24) is 4.98 Å². The van der Waals surface area contributed by atoms with E-state index in [9.17, 15) is 0 Å². The molecular weight excluding hydrogens is 278 g/mol. The first-order chi connectivity index (χ1) is 10.4. The molecule has 0 aliphatic carbocycles. The second-order valence-corrected chi connectivity index (χ2v) is 5.31. The van der Waals surface area contributed by atoms with E-state index in [2.05, 4.69) is 10.9 Å². The number of oxazole rings is 1. The van der Waals surface area contributed by atoms with Crippen LogP contribution in [0.5, 0.6) is 0 Å². The fraction of sp³-hybridized carbons (Fsp3) is 0.0556. The number of aromatic nitrogens is 1. The van der Waals surface area contributed by atoms with Crippen molar-refractivity contribution in [3.63, 3.8) is 0 Å². The van der Waals surface area contributed by atoms with Crippen LogP contribution in [-0.4, -0.2) is 10.7 Å². The Labute approximate surface area is 128 Å². The lowest BCUT2D eigenvalue weighted by Crippen LogP contribution is -1.81. The first-order valence-electron chi connectivity index (χ1n) is 6.56. The summed E-state index contributed by atoms with van der Waals surface area (Å²) in [7, 11) is 0. The summed E-state index contributed by atoms with van der Waals surface area (Å²) in [6.07, 6.45) is 5.30. The van der Waals surface area contributed by atoms with E-state index in [-0.39, 0.29) is 0 Å². The summed E-state index contributed by atoms with van der Waals surface area (Å²) in [5.41, 5.74) is 2.89. The number of hydrogen-bond donors (Lipinski definition) is 0. The Balaban J connectivity index is 2.09. The molecule has 2 nitrogen and oxygen atoms in total. The standard InChI is InChI=1S/C18H13NOS/c1-2-13-21-18-19-16(14-9-5-3-6-10-14)17(20-18)15-11-7-4-8-12-15/h1,3-12H,13H2. The van der Waals surface area contributed by atoms with Gasteiger partial charge in [-0.05, 0) is 0 Å². The molecule has 0 radical (unpaired) electrons. The molecule has 1 heterocycles. The summed E-state index contributed by atoms with van der Waals surface area (Å²) in [5.74, 6) is 3.91. The Morgan fingerprint density at radius 2 is 1.57 bits per heavy atom. The minimum atomic E-state index is 0.545. The first kappa shape index (κ1) is 13.5. The normalized spacial score (nSPS) is 10.2. The fourth-order valence-corrected chi connectivity index (χ4v) is 2.55. The van der Waals surface area contributed by atoms with Gasteiger partial charge in [-0.2, -0.15) is 0 Å². The van der Waals surface area contributed by atoms with Crippen molar-refractivity contribution >= 4 is 11.8 Å². The zero-order chi connectivity index (χ0) is 14.5. The highest BCUT2D eigenvalue weighted by molar-refractivity contribution is 7.99. The van der Waals surface area contributed by atoms with E-state index >= 15 is 0 Å². The topological polar surface area (TPSA) is 26.0 Å². The van der Waals surface area contributed by atoms with Crippen LogP contribution < -0.4 is 0 Å². The van der Waals surface area contributed by atoms with Crippen molar-refractivity contribution in [1.29, 1.82) is 0 Å². The van der Waals surface area contributed by atoms with Crippen molar-refractivity contribution in [2.75, 3.05) is 5.75 Å². The molecule has 1 aromatic heterocycles. The second kappa shape index (κ2) is 6.34. The maximum Gasteiger partial charge on any atom is 0.257 e. The van der Waals surface area contributed by atoms with E-state index < -0.39 is 0 Å². The molecule has 0 amide bonds. The molecule has 0 spiro atoms. The molecule has 3 heteroatoms. The molecule has 0 aliphatic rings. The molecule has 0 aliphatic heterocycles. The van der Waals surface area contributed by atoms with Crippen LogP contribution in [0.15, 0.2) is 70.3 Å². The lowest BCUT2D eigenvalue weighted by molar-refractivity contribution is 0.466. The molecule has 0 N–H and O–H groups in total. The number of nitrogens with zero attached hydrogens (tertiary/aromatic N) is 1. The van der Waals surface area contributed by atoms with E-state index in [4.69, 9.17) is 10.8 Å². The van der Waals surface area contributed by atoms with Gasteiger partial charge >= 0.3 is 0 Å². The highest BCUT2D eigenvalue weighted by atomic mass is 32.2. The third-order valence-corrected chi connectivity index (χ3v) is 3.70. The van der Waals surface area contributed by atoms with Crippen LogP contribution in [-0.2, 0) is 0 Å². The van der Waals surface area contributed by atoms with Crippen molar-refractivity contribution in [2.45, 2.75) is 5.22 Å².